The van der Waals surface area contributed by atoms with Crippen molar-refractivity contribution in [1.82, 2.24) is 15.0 Å². The Bertz CT molecular complexity index is 1700. The zero-order chi connectivity index (χ0) is 23.4. The van der Waals surface area contributed by atoms with Crippen LogP contribution in [0.3, 0.4) is 0 Å². The summed E-state index contributed by atoms with van der Waals surface area (Å²) in [6.07, 6.45) is 0.806. The van der Waals surface area contributed by atoms with E-state index in [1.807, 2.05) is 24.3 Å². The highest BCUT2D eigenvalue weighted by Crippen LogP contribution is 2.40. The van der Waals surface area contributed by atoms with E-state index in [1.165, 1.54) is 21.9 Å². The SMILES string of the molecule is Cc1ccc(C2=NN(c3nc4nc5ccccc5nc4s3)C(c3ccc4ccccc4c3)C2)cc1. The molecule has 0 aliphatic carbocycles. The number of benzene rings is 4. The molecule has 3 heterocycles. The molecular formula is C29H21N5S. The molecule has 6 heteroatoms. The normalized spacial score (nSPS) is 15.9. The predicted molar refractivity (Wildman–Crippen MR) is 144 cm³/mol. The van der Waals surface area contributed by atoms with Gasteiger partial charge < -0.3 is 0 Å². The Balaban J connectivity index is 1.36. The van der Waals surface area contributed by atoms with Crippen molar-refractivity contribution in [2.75, 3.05) is 5.01 Å². The second-order valence-electron chi connectivity index (χ2n) is 8.92. The Morgan fingerprint density at radius 2 is 1.51 bits per heavy atom. The highest BCUT2D eigenvalue weighted by molar-refractivity contribution is 7.21. The van der Waals surface area contributed by atoms with Crippen LogP contribution in [0.1, 0.15) is 29.2 Å². The molecule has 1 aliphatic rings. The second kappa shape index (κ2) is 7.96. The van der Waals surface area contributed by atoms with Gasteiger partial charge in [-0.1, -0.05) is 89.7 Å². The fourth-order valence-electron chi connectivity index (χ4n) is 4.70. The van der Waals surface area contributed by atoms with Gasteiger partial charge >= 0.3 is 0 Å². The average molecular weight is 472 g/mol. The number of para-hydroxylation sites is 2. The fourth-order valence-corrected chi connectivity index (χ4v) is 5.59. The number of aromatic nitrogens is 3. The van der Waals surface area contributed by atoms with Crippen molar-refractivity contribution in [2.45, 2.75) is 19.4 Å². The lowest BCUT2D eigenvalue weighted by Gasteiger charge is -2.21. The molecular weight excluding hydrogens is 450 g/mol. The maximum atomic E-state index is 5.10. The molecule has 168 valence electrons. The lowest BCUT2D eigenvalue weighted by molar-refractivity contribution is 0.708. The minimum absolute atomic E-state index is 0.0471. The van der Waals surface area contributed by atoms with Crippen molar-refractivity contribution >= 4 is 54.5 Å². The van der Waals surface area contributed by atoms with Gasteiger partial charge in [-0.2, -0.15) is 10.1 Å². The average Bonchev–Trinajstić information content (AvgIpc) is 3.52. The molecule has 0 saturated carbocycles. The fraction of sp³-hybridized carbons (Fsp3) is 0.103. The quantitative estimate of drug-likeness (QED) is 0.277. The number of nitrogens with zero attached hydrogens (tertiary/aromatic N) is 5. The van der Waals surface area contributed by atoms with E-state index in [0.717, 1.165) is 38.7 Å². The number of hydrogen-bond donors (Lipinski definition) is 0. The third-order valence-corrected chi connectivity index (χ3v) is 7.49. The Labute approximate surface area is 206 Å². The molecule has 1 unspecified atom stereocenters. The van der Waals surface area contributed by atoms with Crippen molar-refractivity contribution in [3.05, 3.63) is 108 Å². The monoisotopic (exact) mass is 471 g/mol. The summed E-state index contributed by atoms with van der Waals surface area (Å²) in [5.41, 5.74) is 7.07. The largest absolute Gasteiger partial charge is 0.232 e. The summed E-state index contributed by atoms with van der Waals surface area (Å²) in [7, 11) is 0. The molecule has 0 amide bonds. The highest BCUT2D eigenvalue weighted by Gasteiger charge is 2.32. The molecule has 0 bridgehead atoms. The Kier molecular flexibility index (Phi) is 4.60. The summed E-state index contributed by atoms with van der Waals surface area (Å²) < 4.78 is 0. The Morgan fingerprint density at radius 3 is 2.34 bits per heavy atom. The van der Waals surface area contributed by atoms with E-state index in [0.29, 0.717) is 5.65 Å². The molecule has 0 N–H and O–H groups in total. The molecule has 1 atom stereocenters. The maximum absolute atomic E-state index is 5.10. The van der Waals surface area contributed by atoms with Crippen LogP contribution in [0.4, 0.5) is 5.13 Å². The van der Waals surface area contributed by atoms with Gasteiger partial charge in [0.15, 0.2) is 10.5 Å². The number of hydrazone groups is 1. The second-order valence-corrected chi connectivity index (χ2v) is 9.88. The van der Waals surface area contributed by atoms with Crippen LogP contribution in [0.25, 0.3) is 32.3 Å². The van der Waals surface area contributed by atoms with Gasteiger partial charge in [0.2, 0.25) is 5.13 Å². The summed E-state index contributed by atoms with van der Waals surface area (Å²) in [5.74, 6) is 0. The van der Waals surface area contributed by atoms with E-state index in [1.54, 1.807) is 11.3 Å². The zero-order valence-electron chi connectivity index (χ0n) is 19.1. The molecule has 4 aromatic carbocycles. The van der Waals surface area contributed by atoms with E-state index in [4.69, 9.17) is 20.1 Å². The van der Waals surface area contributed by atoms with Gasteiger partial charge in [-0.15, -0.1) is 0 Å². The molecule has 6 aromatic rings. The molecule has 0 radical (unpaired) electrons. The van der Waals surface area contributed by atoms with Crippen molar-refractivity contribution in [2.24, 2.45) is 5.10 Å². The molecule has 0 spiro atoms. The van der Waals surface area contributed by atoms with Crippen LogP contribution >= 0.6 is 11.3 Å². The van der Waals surface area contributed by atoms with Gasteiger partial charge in [-0.25, -0.2) is 15.0 Å². The summed E-state index contributed by atoms with van der Waals surface area (Å²) >= 11 is 1.55. The smallest absolute Gasteiger partial charge is 0.210 e. The standard InChI is InChI=1S/C29H21N5S/c1-18-10-12-20(13-11-18)25-17-26(22-15-14-19-6-2-3-7-21(19)16-22)34(33-25)29-32-27-28(35-29)31-24-9-5-4-8-23(24)30-27/h2-16,26H,17H2,1H3. The number of anilines is 1. The van der Waals surface area contributed by atoms with Gasteiger partial charge in [0.25, 0.3) is 0 Å². The van der Waals surface area contributed by atoms with Crippen LogP contribution < -0.4 is 5.01 Å². The molecule has 35 heavy (non-hydrogen) atoms. The molecule has 5 nitrogen and oxygen atoms in total. The predicted octanol–water partition coefficient (Wildman–Crippen LogP) is 7.06. The molecule has 0 fully saturated rings. The number of rotatable bonds is 3. The van der Waals surface area contributed by atoms with Crippen molar-refractivity contribution in [1.29, 1.82) is 0 Å². The number of fused-ring (bicyclic) bond motifs is 3. The van der Waals surface area contributed by atoms with E-state index in [9.17, 15) is 0 Å². The third kappa shape index (κ3) is 3.54. The van der Waals surface area contributed by atoms with Crippen LogP contribution in [0.2, 0.25) is 0 Å². The summed E-state index contributed by atoms with van der Waals surface area (Å²) in [6, 6.07) is 31.7. The van der Waals surface area contributed by atoms with Crippen LogP contribution in [0.5, 0.6) is 0 Å². The van der Waals surface area contributed by atoms with Gasteiger partial charge in [-0.05, 0) is 47.0 Å². The van der Waals surface area contributed by atoms with E-state index < -0.39 is 0 Å². The van der Waals surface area contributed by atoms with Crippen LogP contribution in [0, 0.1) is 6.92 Å². The van der Waals surface area contributed by atoms with E-state index >= 15 is 0 Å². The number of hydrogen-bond acceptors (Lipinski definition) is 6. The molecule has 1 aliphatic heterocycles. The first-order valence-electron chi connectivity index (χ1n) is 11.7. The Hall–Kier alpha value is -4.16. The molecule has 0 saturated heterocycles. The minimum atomic E-state index is 0.0471. The Morgan fingerprint density at radius 1 is 0.771 bits per heavy atom. The van der Waals surface area contributed by atoms with Gasteiger partial charge in [0, 0.05) is 6.42 Å². The lowest BCUT2D eigenvalue weighted by atomic mass is 9.96. The minimum Gasteiger partial charge on any atom is -0.232 e. The zero-order valence-corrected chi connectivity index (χ0v) is 19.9. The highest BCUT2D eigenvalue weighted by atomic mass is 32.1. The first-order valence-corrected chi connectivity index (χ1v) is 12.5. The van der Waals surface area contributed by atoms with Gasteiger partial charge in [0.1, 0.15) is 0 Å². The van der Waals surface area contributed by atoms with Gasteiger partial charge in [-0.3, -0.25) is 0 Å². The van der Waals surface area contributed by atoms with E-state index in [-0.39, 0.29) is 6.04 Å². The van der Waals surface area contributed by atoms with E-state index in [2.05, 4.69) is 78.7 Å². The first kappa shape index (κ1) is 20.2. The maximum Gasteiger partial charge on any atom is 0.210 e. The lowest BCUT2D eigenvalue weighted by Crippen LogP contribution is -2.18. The van der Waals surface area contributed by atoms with Gasteiger partial charge in [0.05, 0.1) is 22.8 Å². The number of aryl methyl sites for hydroxylation is 1. The third-order valence-electron chi connectivity index (χ3n) is 6.56. The van der Waals surface area contributed by atoms with Crippen LogP contribution in [-0.2, 0) is 0 Å². The number of thiazole rings is 1. The topological polar surface area (TPSA) is 54.3 Å². The summed E-state index contributed by atoms with van der Waals surface area (Å²) in [5, 5.41) is 10.5. The first-order chi connectivity index (χ1) is 17.2. The van der Waals surface area contributed by atoms with Crippen molar-refractivity contribution in [3.63, 3.8) is 0 Å². The molecule has 7 rings (SSSR count). The van der Waals surface area contributed by atoms with Crippen LogP contribution in [-0.4, -0.2) is 20.7 Å². The van der Waals surface area contributed by atoms with Crippen molar-refractivity contribution in [3.8, 4) is 0 Å². The summed E-state index contributed by atoms with van der Waals surface area (Å²) in [6.45, 7) is 2.11. The summed E-state index contributed by atoms with van der Waals surface area (Å²) in [4.78, 5) is 15.3. The van der Waals surface area contributed by atoms with Crippen molar-refractivity contribution < 1.29 is 0 Å². The van der Waals surface area contributed by atoms with Crippen LogP contribution in [0.15, 0.2) is 96.1 Å². The molecule has 2 aromatic heterocycles.